The molecule has 0 spiro atoms. The Balaban J connectivity index is 2.37. The molecule has 0 atom stereocenters. The lowest BCUT2D eigenvalue weighted by molar-refractivity contribution is 0.799. The Morgan fingerprint density at radius 3 is 3.00 bits per heavy atom. The number of aryl methyl sites for hydroxylation is 1. The van der Waals surface area contributed by atoms with E-state index in [1.165, 1.54) is 35.7 Å². The molecule has 0 bridgehead atoms. The van der Waals surface area contributed by atoms with Crippen molar-refractivity contribution in [3.63, 3.8) is 0 Å². The molecule has 0 aliphatic carbocycles. The molecule has 1 N–H and O–H groups in total. The monoisotopic (exact) mass is 251 g/mol. The summed E-state index contributed by atoms with van der Waals surface area (Å²) in [6, 6.07) is 6.41. The van der Waals surface area contributed by atoms with Crippen molar-refractivity contribution in [2.75, 3.05) is 0 Å². The predicted molar refractivity (Wildman–Crippen MR) is 64.6 cm³/mol. The van der Waals surface area contributed by atoms with Gasteiger partial charge in [0.15, 0.2) is 0 Å². The molecule has 0 fully saturated rings. The Morgan fingerprint density at radius 1 is 1.36 bits per heavy atom. The molecule has 74 valence electrons. The van der Waals surface area contributed by atoms with Gasteiger partial charge in [-0.05, 0) is 30.5 Å². The van der Waals surface area contributed by atoms with Crippen molar-refractivity contribution in [3.8, 4) is 0 Å². The first-order chi connectivity index (χ1) is 6.81. The fourth-order valence-corrected chi connectivity index (χ4v) is 2.09. The first-order valence-corrected chi connectivity index (χ1v) is 5.86. The maximum atomic E-state index is 3.47. The third kappa shape index (κ3) is 1.85. The first kappa shape index (κ1) is 9.78. The third-order valence-electron chi connectivity index (χ3n) is 2.53. The van der Waals surface area contributed by atoms with E-state index >= 15 is 0 Å². The van der Waals surface area contributed by atoms with Crippen LogP contribution in [0.4, 0.5) is 0 Å². The van der Waals surface area contributed by atoms with Crippen LogP contribution in [0, 0.1) is 0 Å². The van der Waals surface area contributed by atoms with Crippen molar-refractivity contribution < 1.29 is 0 Å². The van der Waals surface area contributed by atoms with Gasteiger partial charge in [0.1, 0.15) is 0 Å². The highest BCUT2D eigenvalue weighted by atomic mass is 79.9. The molecule has 0 aliphatic rings. The molecule has 14 heavy (non-hydrogen) atoms. The van der Waals surface area contributed by atoms with E-state index in [0.717, 1.165) is 4.47 Å². The number of fused-ring (bicyclic) bond motifs is 1. The number of aromatic amines is 1. The summed E-state index contributed by atoms with van der Waals surface area (Å²) >= 11 is 3.47. The smallest absolute Gasteiger partial charge is 0.0468 e. The van der Waals surface area contributed by atoms with Crippen molar-refractivity contribution >= 4 is 26.8 Å². The molecule has 2 rings (SSSR count). The number of H-pyrrole nitrogens is 1. The fourth-order valence-electron chi connectivity index (χ4n) is 1.73. The summed E-state index contributed by atoms with van der Waals surface area (Å²) in [5.74, 6) is 0. The summed E-state index contributed by atoms with van der Waals surface area (Å²) in [5.41, 5.74) is 2.67. The summed E-state index contributed by atoms with van der Waals surface area (Å²) in [5, 5.41) is 1.36. The molecule has 2 heteroatoms. The summed E-state index contributed by atoms with van der Waals surface area (Å²) < 4.78 is 1.13. The van der Waals surface area contributed by atoms with Crippen LogP contribution in [-0.2, 0) is 6.42 Å². The minimum Gasteiger partial charge on any atom is -0.361 e. The second-order valence-electron chi connectivity index (χ2n) is 3.61. The van der Waals surface area contributed by atoms with Crippen LogP contribution in [-0.4, -0.2) is 4.98 Å². The highest BCUT2D eigenvalue weighted by Gasteiger charge is 2.02. The molecule has 0 aliphatic heterocycles. The highest BCUT2D eigenvalue weighted by Crippen LogP contribution is 2.23. The molecule has 0 amide bonds. The molecule has 2 aromatic rings. The zero-order chi connectivity index (χ0) is 9.97. The maximum Gasteiger partial charge on any atom is 0.0468 e. The Labute approximate surface area is 92.6 Å². The molecule has 0 saturated heterocycles. The van der Waals surface area contributed by atoms with Crippen molar-refractivity contribution in [3.05, 3.63) is 34.4 Å². The van der Waals surface area contributed by atoms with Gasteiger partial charge < -0.3 is 4.98 Å². The number of aromatic nitrogens is 1. The van der Waals surface area contributed by atoms with Crippen molar-refractivity contribution in [1.82, 2.24) is 4.98 Å². The lowest BCUT2D eigenvalue weighted by atomic mass is 10.1. The predicted octanol–water partition coefficient (Wildman–Crippen LogP) is 4.27. The van der Waals surface area contributed by atoms with Gasteiger partial charge >= 0.3 is 0 Å². The van der Waals surface area contributed by atoms with Crippen molar-refractivity contribution in [1.29, 1.82) is 0 Å². The summed E-state index contributed by atoms with van der Waals surface area (Å²) in [6.07, 6.45) is 5.83. The maximum absolute atomic E-state index is 3.47. The minimum atomic E-state index is 1.13. The largest absolute Gasteiger partial charge is 0.361 e. The lowest BCUT2D eigenvalue weighted by Crippen LogP contribution is -1.81. The molecule has 1 aromatic heterocycles. The van der Waals surface area contributed by atoms with Crippen LogP contribution in [0.2, 0.25) is 0 Å². The van der Waals surface area contributed by atoms with Crippen LogP contribution in [0.25, 0.3) is 10.9 Å². The lowest BCUT2D eigenvalue weighted by Gasteiger charge is -1.97. The number of unbranched alkanes of at least 4 members (excludes halogenated alkanes) is 1. The van der Waals surface area contributed by atoms with Gasteiger partial charge in [0.2, 0.25) is 0 Å². The second-order valence-corrected chi connectivity index (χ2v) is 4.52. The first-order valence-electron chi connectivity index (χ1n) is 5.07. The van der Waals surface area contributed by atoms with Crippen LogP contribution < -0.4 is 0 Å². The molecular formula is C12H14BrN. The van der Waals surface area contributed by atoms with E-state index in [1.54, 1.807) is 0 Å². The van der Waals surface area contributed by atoms with E-state index in [-0.39, 0.29) is 0 Å². The van der Waals surface area contributed by atoms with Crippen LogP contribution in [0.3, 0.4) is 0 Å². The average Bonchev–Trinajstić information content (AvgIpc) is 2.57. The van der Waals surface area contributed by atoms with E-state index in [9.17, 15) is 0 Å². The fraction of sp³-hybridized carbons (Fsp3) is 0.333. The topological polar surface area (TPSA) is 15.8 Å². The molecule has 0 saturated carbocycles. The molecule has 1 nitrogen and oxygen atoms in total. The summed E-state index contributed by atoms with van der Waals surface area (Å²) in [6.45, 7) is 2.23. The van der Waals surface area contributed by atoms with Gasteiger partial charge in [-0.3, -0.25) is 0 Å². The van der Waals surface area contributed by atoms with Crippen molar-refractivity contribution in [2.45, 2.75) is 26.2 Å². The quantitative estimate of drug-likeness (QED) is 0.839. The number of nitrogens with one attached hydrogen (secondary N) is 1. The van der Waals surface area contributed by atoms with Gasteiger partial charge in [0.25, 0.3) is 0 Å². The Morgan fingerprint density at radius 2 is 2.21 bits per heavy atom. The van der Waals surface area contributed by atoms with E-state index in [4.69, 9.17) is 0 Å². The Hall–Kier alpha value is -0.760. The Bertz CT molecular complexity index is 431. The van der Waals surface area contributed by atoms with Gasteiger partial charge in [-0.15, -0.1) is 0 Å². The standard InChI is InChI=1S/C12H14BrN/c1-2-3-4-9-8-14-12-7-10(13)5-6-11(9)12/h5-8,14H,2-4H2,1H3. The SMILES string of the molecule is CCCCc1c[nH]c2cc(Br)ccc12. The van der Waals surface area contributed by atoms with E-state index in [2.05, 4.69) is 52.2 Å². The number of rotatable bonds is 3. The molecule has 1 aromatic carbocycles. The normalized spacial score (nSPS) is 11.0. The minimum absolute atomic E-state index is 1.13. The van der Waals surface area contributed by atoms with Gasteiger partial charge in [-0.25, -0.2) is 0 Å². The van der Waals surface area contributed by atoms with Crippen LogP contribution >= 0.6 is 15.9 Å². The second kappa shape index (κ2) is 4.18. The van der Waals surface area contributed by atoms with E-state index < -0.39 is 0 Å². The number of benzene rings is 1. The van der Waals surface area contributed by atoms with E-state index in [1.807, 2.05) is 0 Å². The van der Waals surface area contributed by atoms with Crippen LogP contribution in [0.1, 0.15) is 25.3 Å². The van der Waals surface area contributed by atoms with Crippen LogP contribution in [0.15, 0.2) is 28.9 Å². The van der Waals surface area contributed by atoms with Crippen LogP contribution in [0.5, 0.6) is 0 Å². The summed E-state index contributed by atoms with van der Waals surface area (Å²) in [4.78, 5) is 3.31. The van der Waals surface area contributed by atoms with Gasteiger partial charge in [0.05, 0.1) is 0 Å². The molecular weight excluding hydrogens is 238 g/mol. The zero-order valence-electron chi connectivity index (χ0n) is 8.31. The molecule has 0 radical (unpaired) electrons. The number of hydrogen-bond donors (Lipinski definition) is 1. The highest BCUT2D eigenvalue weighted by molar-refractivity contribution is 9.10. The molecule has 0 unspecified atom stereocenters. The number of hydrogen-bond acceptors (Lipinski definition) is 0. The van der Waals surface area contributed by atoms with Gasteiger partial charge in [-0.2, -0.15) is 0 Å². The third-order valence-corrected chi connectivity index (χ3v) is 3.02. The molecule has 1 heterocycles. The Kier molecular flexibility index (Phi) is 2.92. The average molecular weight is 252 g/mol. The zero-order valence-corrected chi connectivity index (χ0v) is 9.89. The summed E-state index contributed by atoms with van der Waals surface area (Å²) in [7, 11) is 0. The number of halogens is 1. The van der Waals surface area contributed by atoms with Gasteiger partial charge in [-0.1, -0.05) is 35.3 Å². The van der Waals surface area contributed by atoms with Crippen molar-refractivity contribution in [2.24, 2.45) is 0 Å². The van der Waals surface area contributed by atoms with Gasteiger partial charge in [0, 0.05) is 21.6 Å². The van der Waals surface area contributed by atoms with E-state index in [0.29, 0.717) is 0 Å².